The minimum atomic E-state index is -1.10. The Morgan fingerprint density at radius 3 is 2.84 bits per heavy atom. The van der Waals surface area contributed by atoms with Crippen LogP contribution in [-0.4, -0.2) is 34.8 Å². The lowest BCUT2D eigenvalue weighted by molar-refractivity contribution is -0.119. The summed E-state index contributed by atoms with van der Waals surface area (Å²) in [6, 6.07) is 6.33. The van der Waals surface area contributed by atoms with E-state index in [0.717, 1.165) is 0 Å². The largest absolute Gasteiger partial charge is 0.390 e. The highest BCUT2D eigenvalue weighted by atomic mass is 16.3. The zero-order valence-corrected chi connectivity index (χ0v) is 10.5. The van der Waals surface area contributed by atoms with Gasteiger partial charge in [0.25, 0.3) is 0 Å². The smallest absolute Gasteiger partial charge is 0.240 e. The molecule has 0 saturated heterocycles. The molecule has 0 saturated carbocycles. The highest BCUT2D eigenvalue weighted by molar-refractivity contribution is 5.72. The maximum atomic E-state index is 10.7. The molecule has 2 unspecified atom stereocenters. The van der Waals surface area contributed by atoms with Gasteiger partial charge >= 0.3 is 0 Å². The molecule has 19 heavy (non-hydrogen) atoms. The van der Waals surface area contributed by atoms with Gasteiger partial charge in [0, 0.05) is 13.5 Å². The van der Waals surface area contributed by atoms with Crippen LogP contribution in [0.2, 0.25) is 0 Å². The molecule has 6 heteroatoms. The van der Waals surface area contributed by atoms with Gasteiger partial charge in [0.05, 0.1) is 11.8 Å². The first-order valence-corrected chi connectivity index (χ1v) is 5.83. The topological polar surface area (TPSA) is 99.0 Å². The Morgan fingerprint density at radius 1 is 1.47 bits per heavy atom. The fourth-order valence-corrected chi connectivity index (χ4v) is 1.61. The van der Waals surface area contributed by atoms with Crippen LogP contribution in [0.25, 0.3) is 0 Å². The number of hydrogen-bond donors (Lipinski definition) is 3. The van der Waals surface area contributed by atoms with E-state index < -0.39 is 12.2 Å². The number of aliphatic hydroxyl groups is 2. The van der Waals surface area contributed by atoms with Crippen molar-refractivity contribution in [2.75, 3.05) is 6.54 Å². The molecule has 3 N–H and O–H groups in total. The quantitative estimate of drug-likeness (QED) is 0.517. The monoisotopic (exact) mass is 264 g/mol. The number of benzene rings is 1. The third kappa shape index (κ3) is 5.01. The normalized spacial score (nSPS) is 13.2. The molecule has 1 amide bonds. The van der Waals surface area contributed by atoms with Crippen molar-refractivity contribution in [3.05, 3.63) is 29.8 Å². The van der Waals surface area contributed by atoms with E-state index in [2.05, 4.69) is 10.3 Å². The van der Waals surface area contributed by atoms with Gasteiger partial charge in [0.15, 0.2) is 0 Å². The molecule has 6 nitrogen and oxygen atoms in total. The number of aliphatic imine (C=N–C) groups is 1. The van der Waals surface area contributed by atoms with Crippen LogP contribution in [0.3, 0.4) is 0 Å². The van der Waals surface area contributed by atoms with Gasteiger partial charge in [0.2, 0.25) is 12.0 Å². The van der Waals surface area contributed by atoms with Crippen LogP contribution in [0, 0.1) is 0 Å². The maximum absolute atomic E-state index is 10.7. The lowest BCUT2D eigenvalue weighted by Gasteiger charge is -2.18. The van der Waals surface area contributed by atoms with E-state index in [1.807, 2.05) is 0 Å². The molecule has 1 aromatic rings. The highest BCUT2D eigenvalue weighted by Crippen LogP contribution is 2.22. The summed E-state index contributed by atoms with van der Waals surface area (Å²) in [5.41, 5.74) is 0.812. The number of carbonyl (C=O) groups excluding carboxylic acids is 2. The van der Waals surface area contributed by atoms with Crippen LogP contribution in [0.1, 0.15) is 25.0 Å². The maximum Gasteiger partial charge on any atom is 0.240 e. The standard InChI is InChI=1S/C13H16N2O4/c1-9(17)14-6-5-12(18)13(19)10-3-2-4-11(7-10)15-8-16/h2-4,7,12-13,18-19H,5-6H2,1H3,(H,14,17). The highest BCUT2D eigenvalue weighted by Gasteiger charge is 2.18. The molecule has 0 radical (unpaired) electrons. The fraction of sp³-hybridized carbons (Fsp3) is 0.385. The van der Waals surface area contributed by atoms with Gasteiger partial charge in [-0.2, -0.15) is 4.99 Å². The Kier molecular flexibility index (Phi) is 5.89. The second-order valence-corrected chi connectivity index (χ2v) is 4.08. The van der Waals surface area contributed by atoms with Gasteiger partial charge in [-0.05, 0) is 24.1 Å². The molecule has 1 aromatic carbocycles. The number of nitrogens with one attached hydrogen (secondary N) is 1. The van der Waals surface area contributed by atoms with Crippen LogP contribution in [0.5, 0.6) is 0 Å². The average molecular weight is 264 g/mol. The van der Waals surface area contributed by atoms with Crippen molar-refractivity contribution in [2.45, 2.75) is 25.6 Å². The van der Waals surface area contributed by atoms with E-state index in [9.17, 15) is 19.8 Å². The molecular formula is C13H16N2O4. The Labute approximate surface area is 110 Å². The number of carbonyl (C=O) groups is 1. The summed E-state index contributed by atoms with van der Waals surface area (Å²) in [4.78, 5) is 24.3. The van der Waals surface area contributed by atoms with Gasteiger partial charge in [-0.3, -0.25) is 4.79 Å². The van der Waals surface area contributed by atoms with Gasteiger partial charge in [-0.25, -0.2) is 4.79 Å². The number of amides is 1. The van der Waals surface area contributed by atoms with E-state index in [4.69, 9.17) is 0 Å². The third-order valence-corrected chi connectivity index (χ3v) is 2.56. The first-order valence-electron chi connectivity index (χ1n) is 5.83. The van der Waals surface area contributed by atoms with Crippen LogP contribution < -0.4 is 5.32 Å². The Hall–Kier alpha value is -2.01. The summed E-state index contributed by atoms with van der Waals surface area (Å²) in [7, 11) is 0. The minimum Gasteiger partial charge on any atom is -0.390 e. The van der Waals surface area contributed by atoms with Crippen molar-refractivity contribution in [1.82, 2.24) is 5.32 Å². The zero-order valence-electron chi connectivity index (χ0n) is 10.5. The van der Waals surface area contributed by atoms with Crippen LogP contribution >= 0.6 is 0 Å². The van der Waals surface area contributed by atoms with Crippen LogP contribution in [0.4, 0.5) is 5.69 Å². The molecule has 102 valence electrons. The van der Waals surface area contributed by atoms with Gasteiger partial charge in [-0.15, -0.1) is 0 Å². The van der Waals surface area contributed by atoms with Crippen molar-refractivity contribution in [3.8, 4) is 0 Å². The zero-order chi connectivity index (χ0) is 14.3. The third-order valence-electron chi connectivity index (χ3n) is 2.56. The number of nitrogens with zero attached hydrogens (tertiary/aromatic N) is 1. The molecule has 0 fully saturated rings. The summed E-state index contributed by atoms with van der Waals surface area (Å²) in [5.74, 6) is -0.191. The number of aliphatic hydroxyl groups excluding tert-OH is 2. The van der Waals surface area contributed by atoms with Crippen molar-refractivity contribution in [1.29, 1.82) is 0 Å². The summed E-state index contributed by atoms with van der Waals surface area (Å²) in [6.45, 7) is 1.66. The first kappa shape index (κ1) is 15.0. The van der Waals surface area contributed by atoms with E-state index in [1.165, 1.54) is 19.1 Å². The molecule has 0 spiro atoms. The molecular weight excluding hydrogens is 248 g/mol. The Morgan fingerprint density at radius 2 is 2.21 bits per heavy atom. The number of isocyanates is 1. The van der Waals surface area contributed by atoms with E-state index >= 15 is 0 Å². The molecule has 0 aliphatic carbocycles. The SMILES string of the molecule is CC(=O)NCCC(O)C(O)c1cccc(N=C=O)c1. The Bertz CT molecular complexity index is 483. The predicted octanol–water partition coefficient (Wildman–Crippen LogP) is 0.574. The summed E-state index contributed by atoms with van der Waals surface area (Å²) in [5, 5.41) is 22.3. The molecule has 0 aliphatic rings. The summed E-state index contributed by atoms with van der Waals surface area (Å²) >= 11 is 0. The van der Waals surface area contributed by atoms with Crippen molar-refractivity contribution in [3.63, 3.8) is 0 Å². The molecule has 2 atom stereocenters. The first-order chi connectivity index (χ1) is 9.04. The van der Waals surface area contributed by atoms with Gasteiger partial charge in [0.1, 0.15) is 6.10 Å². The molecule has 1 rings (SSSR count). The van der Waals surface area contributed by atoms with Crippen LogP contribution in [0.15, 0.2) is 29.3 Å². The van der Waals surface area contributed by atoms with Crippen molar-refractivity contribution >= 4 is 17.7 Å². The second kappa shape index (κ2) is 7.43. The second-order valence-electron chi connectivity index (χ2n) is 4.08. The fourth-order valence-electron chi connectivity index (χ4n) is 1.61. The summed E-state index contributed by atoms with van der Waals surface area (Å²) in [6.07, 6.45) is -0.479. The van der Waals surface area contributed by atoms with E-state index in [1.54, 1.807) is 18.2 Å². The molecule has 0 aromatic heterocycles. The van der Waals surface area contributed by atoms with E-state index in [0.29, 0.717) is 11.3 Å². The Balaban J connectivity index is 2.65. The predicted molar refractivity (Wildman–Crippen MR) is 68.5 cm³/mol. The van der Waals surface area contributed by atoms with Crippen molar-refractivity contribution < 1.29 is 19.8 Å². The molecule has 0 heterocycles. The van der Waals surface area contributed by atoms with Gasteiger partial charge < -0.3 is 15.5 Å². The average Bonchev–Trinajstić information content (AvgIpc) is 2.38. The van der Waals surface area contributed by atoms with Crippen LogP contribution in [-0.2, 0) is 9.59 Å². The van der Waals surface area contributed by atoms with Crippen molar-refractivity contribution in [2.24, 2.45) is 4.99 Å². The number of hydrogen-bond acceptors (Lipinski definition) is 5. The minimum absolute atomic E-state index is 0.191. The lowest BCUT2D eigenvalue weighted by Crippen LogP contribution is -2.27. The number of rotatable bonds is 6. The summed E-state index contributed by atoms with van der Waals surface area (Å²) < 4.78 is 0. The van der Waals surface area contributed by atoms with Gasteiger partial charge in [-0.1, -0.05) is 12.1 Å². The molecule has 0 aliphatic heterocycles. The van der Waals surface area contributed by atoms with E-state index in [-0.39, 0.29) is 18.9 Å². The molecule has 0 bridgehead atoms. The lowest BCUT2D eigenvalue weighted by atomic mass is 10.0.